The average Bonchev–Trinajstić information content (AvgIpc) is 2.77. The number of H-pyrrole nitrogens is 2. The fourth-order valence-corrected chi connectivity index (χ4v) is 4.51. The Morgan fingerprint density at radius 2 is 1.36 bits per heavy atom. The van der Waals surface area contributed by atoms with Gasteiger partial charge >= 0.3 is 0 Å². The maximum Gasteiger partial charge on any atom is 0.259 e. The number of nitrogens with one attached hydrogen (secondary N) is 2. The molecule has 0 amide bonds. The Balaban J connectivity index is 2.50. The molecule has 2 atom stereocenters. The highest BCUT2D eigenvalue weighted by molar-refractivity contribution is 7.71. The highest BCUT2D eigenvalue weighted by atomic mass is 32.1. The van der Waals surface area contributed by atoms with Crippen LogP contribution in [-0.2, 0) is 0 Å². The van der Waals surface area contributed by atoms with Crippen LogP contribution >= 0.6 is 24.4 Å². The monoisotopic (exact) mass is 489 g/mol. The Morgan fingerprint density at radius 3 is 1.73 bits per heavy atom. The molecule has 3 rings (SSSR count). The van der Waals surface area contributed by atoms with Crippen LogP contribution in [-0.4, -0.2) is 34.3 Å². The van der Waals surface area contributed by atoms with Crippen molar-refractivity contribution in [2.45, 2.75) is 58.5 Å². The highest BCUT2D eigenvalue weighted by Gasteiger charge is 2.33. The summed E-state index contributed by atoms with van der Waals surface area (Å²) in [4.78, 5) is 35.8. The fraction of sp³-hybridized carbons (Fsp3) is 0.409. The van der Waals surface area contributed by atoms with Crippen molar-refractivity contribution >= 4 is 24.4 Å². The van der Waals surface area contributed by atoms with Crippen molar-refractivity contribution in [1.82, 2.24) is 24.1 Å². The lowest BCUT2D eigenvalue weighted by molar-refractivity contribution is 0.356. The number of pyridine rings is 1. The smallest absolute Gasteiger partial charge is 0.259 e. The number of aromatic amines is 2. The molecule has 33 heavy (non-hydrogen) atoms. The third kappa shape index (κ3) is 4.42. The van der Waals surface area contributed by atoms with Crippen molar-refractivity contribution in [1.29, 1.82) is 0 Å². The van der Waals surface area contributed by atoms with Crippen molar-refractivity contribution in [3.63, 3.8) is 0 Å². The molecule has 0 radical (unpaired) electrons. The van der Waals surface area contributed by atoms with E-state index >= 15 is 0 Å². The van der Waals surface area contributed by atoms with E-state index in [1.165, 1.54) is 15.3 Å². The second-order valence-electron chi connectivity index (χ2n) is 7.94. The molecule has 0 aliphatic heterocycles. The minimum Gasteiger partial charge on any atom is -0.494 e. The Hall–Kier alpha value is -3.05. The van der Waals surface area contributed by atoms with Gasteiger partial charge in [-0.1, -0.05) is 19.9 Å². The summed E-state index contributed by atoms with van der Waals surface area (Å²) in [7, 11) is 0. The van der Waals surface area contributed by atoms with E-state index in [-0.39, 0.29) is 44.5 Å². The zero-order valence-corrected chi connectivity index (χ0v) is 20.5. The molecule has 3 heterocycles. The van der Waals surface area contributed by atoms with E-state index in [2.05, 4.69) is 15.0 Å². The van der Waals surface area contributed by atoms with Crippen LogP contribution in [0.5, 0.6) is 11.8 Å². The molecule has 0 aliphatic carbocycles. The van der Waals surface area contributed by atoms with Crippen LogP contribution in [0.1, 0.15) is 75.4 Å². The number of aromatic nitrogens is 5. The SMILES string of the molecule is CC[C@H](C)n1c(O)c(C(c2ccccn2)c2c(O)n([C@@H](C)CC)c(=S)[nH]c2=O)c(=O)[nH]c1=S. The molecule has 9 nitrogen and oxygen atoms in total. The molecule has 3 aromatic rings. The molecule has 4 N–H and O–H groups in total. The normalized spacial score (nSPS) is 13.2. The van der Waals surface area contributed by atoms with Crippen LogP contribution in [0.2, 0.25) is 0 Å². The van der Waals surface area contributed by atoms with Gasteiger partial charge in [0, 0.05) is 18.3 Å². The van der Waals surface area contributed by atoms with Crippen LogP contribution in [0.25, 0.3) is 0 Å². The lowest BCUT2D eigenvalue weighted by Crippen LogP contribution is -2.29. The second kappa shape index (κ2) is 9.84. The quantitative estimate of drug-likeness (QED) is 0.368. The Morgan fingerprint density at radius 1 is 0.909 bits per heavy atom. The molecule has 3 aromatic heterocycles. The number of aromatic hydroxyl groups is 2. The summed E-state index contributed by atoms with van der Waals surface area (Å²) < 4.78 is 2.97. The summed E-state index contributed by atoms with van der Waals surface area (Å²) in [5.74, 6) is -1.95. The molecule has 0 saturated carbocycles. The standard InChI is InChI=1S/C22H27N5O4S2/c1-5-11(3)26-19(30)15(17(28)24-21(26)32)14(13-9-7-8-10-23-13)16-18(29)25-22(33)27(20(16)31)12(4)6-2/h7-12,14,30-31H,5-6H2,1-4H3,(H,24,28,32)(H,25,29,33)/t11-,12-/m0/s1. The van der Waals surface area contributed by atoms with Crippen LogP contribution in [0, 0.1) is 9.54 Å². The molecule has 11 heteroatoms. The molecule has 0 aromatic carbocycles. The molecule has 0 spiro atoms. The van der Waals surface area contributed by atoms with Gasteiger partial charge in [0.15, 0.2) is 9.54 Å². The van der Waals surface area contributed by atoms with Crippen LogP contribution in [0.3, 0.4) is 0 Å². The third-order valence-corrected chi connectivity index (χ3v) is 6.53. The summed E-state index contributed by atoms with van der Waals surface area (Å²) in [5.41, 5.74) is -1.35. The molecule has 0 aliphatic rings. The Labute approximate surface area is 200 Å². The van der Waals surface area contributed by atoms with Crippen molar-refractivity contribution < 1.29 is 10.2 Å². The van der Waals surface area contributed by atoms with E-state index in [0.29, 0.717) is 18.5 Å². The van der Waals surface area contributed by atoms with Gasteiger partial charge in [-0.2, -0.15) is 0 Å². The Bertz CT molecular complexity index is 1300. The number of hydrogen-bond acceptors (Lipinski definition) is 7. The van der Waals surface area contributed by atoms with E-state index in [9.17, 15) is 19.8 Å². The van der Waals surface area contributed by atoms with Gasteiger partial charge in [-0.25, -0.2) is 0 Å². The van der Waals surface area contributed by atoms with Gasteiger partial charge in [0.2, 0.25) is 11.8 Å². The minimum atomic E-state index is -1.18. The maximum absolute atomic E-state index is 13.1. The summed E-state index contributed by atoms with van der Waals surface area (Å²) in [6.45, 7) is 7.53. The molecule has 0 saturated heterocycles. The zero-order valence-electron chi connectivity index (χ0n) is 18.8. The van der Waals surface area contributed by atoms with Crippen molar-refractivity contribution in [3.8, 4) is 11.8 Å². The van der Waals surface area contributed by atoms with Crippen molar-refractivity contribution in [2.24, 2.45) is 0 Å². The first kappa shape index (κ1) is 24.6. The average molecular weight is 490 g/mol. The predicted molar refractivity (Wildman–Crippen MR) is 130 cm³/mol. The van der Waals surface area contributed by atoms with Gasteiger partial charge in [-0.15, -0.1) is 0 Å². The zero-order chi connectivity index (χ0) is 24.4. The van der Waals surface area contributed by atoms with E-state index in [4.69, 9.17) is 24.4 Å². The number of nitrogens with zero attached hydrogens (tertiary/aromatic N) is 3. The van der Waals surface area contributed by atoms with E-state index < -0.39 is 17.0 Å². The minimum absolute atomic E-state index is 0.0593. The number of rotatable bonds is 7. The third-order valence-electron chi connectivity index (χ3n) is 5.93. The summed E-state index contributed by atoms with van der Waals surface area (Å²) in [5, 5.41) is 22.5. The van der Waals surface area contributed by atoms with Gasteiger partial charge in [-0.05, 0) is 63.3 Å². The van der Waals surface area contributed by atoms with Gasteiger partial charge in [-0.3, -0.25) is 33.7 Å². The molecule has 0 fully saturated rings. The van der Waals surface area contributed by atoms with E-state index in [1.807, 2.05) is 27.7 Å². The lowest BCUT2D eigenvalue weighted by Gasteiger charge is -2.24. The predicted octanol–water partition coefficient (Wildman–Crippen LogP) is 4.05. The van der Waals surface area contributed by atoms with Gasteiger partial charge in [0.1, 0.15) is 0 Å². The van der Waals surface area contributed by atoms with Crippen LogP contribution in [0.15, 0.2) is 34.0 Å². The lowest BCUT2D eigenvalue weighted by atomic mass is 9.89. The molecule has 0 unspecified atom stereocenters. The molecule has 0 bridgehead atoms. The molecular formula is C22H27N5O4S2. The van der Waals surface area contributed by atoms with Crippen molar-refractivity contribution in [3.05, 3.63) is 71.5 Å². The fourth-order valence-electron chi connectivity index (χ4n) is 3.79. The summed E-state index contributed by atoms with van der Waals surface area (Å²) in [6, 6.07) is 4.54. The molecule has 176 valence electrons. The highest BCUT2D eigenvalue weighted by Crippen LogP contribution is 2.37. The van der Waals surface area contributed by atoms with Crippen LogP contribution in [0.4, 0.5) is 0 Å². The van der Waals surface area contributed by atoms with Gasteiger partial charge in [0.25, 0.3) is 11.1 Å². The largest absolute Gasteiger partial charge is 0.494 e. The van der Waals surface area contributed by atoms with Crippen LogP contribution < -0.4 is 11.1 Å². The maximum atomic E-state index is 13.1. The first-order valence-corrected chi connectivity index (χ1v) is 11.5. The van der Waals surface area contributed by atoms with E-state index in [1.54, 1.807) is 18.2 Å². The van der Waals surface area contributed by atoms with E-state index in [0.717, 1.165) is 0 Å². The second-order valence-corrected chi connectivity index (χ2v) is 8.71. The van der Waals surface area contributed by atoms with Crippen molar-refractivity contribution in [2.75, 3.05) is 0 Å². The Kier molecular flexibility index (Phi) is 7.33. The first-order valence-electron chi connectivity index (χ1n) is 10.7. The van der Waals surface area contributed by atoms with Gasteiger partial charge in [0.05, 0.1) is 22.7 Å². The summed E-state index contributed by atoms with van der Waals surface area (Å²) in [6.07, 6.45) is 2.77. The molecular weight excluding hydrogens is 462 g/mol. The topological polar surface area (TPSA) is 129 Å². The summed E-state index contributed by atoms with van der Waals surface area (Å²) >= 11 is 10.6. The first-order chi connectivity index (χ1) is 15.6. The number of hydrogen-bond donors (Lipinski definition) is 4. The van der Waals surface area contributed by atoms with Gasteiger partial charge < -0.3 is 10.2 Å².